The highest BCUT2D eigenvalue weighted by atomic mass is 35.5. The fourth-order valence-electron chi connectivity index (χ4n) is 7.07. The summed E-state index contributed by atoms with van der Waals surface area (Å²) in [5.41, 5.74) is 6.61. The normalized spacial score (nSPS) is 25.0. The molecule has 0 saturated carbocycles. The molecular weight excluding hydrogens is 492 g/mol. The maximum atomic E-state index is 14.5. The second kappa shape index (κ2) is 8.24. The molecule has 0 spiro atoms. The number of rotatable bonds is 3. The molecular formula is C33H25ClN2O2. The number of hydrogen-bond acceptors (Lipinski definition) is 3. The molecule has 1 saturated heterocycles. The first-order valence-corrected chi connectivity index (χ1v) is 13.2. The Morgan fingerprint density at radius 3 is 2.11 bits per heavy atom. The Labute approximate surface area is 226 Å². The molecule has 4 nitrogen and oxygen atoms in total. The van der Waals surface area contributed by atoms with Gasteiger partial charge in [0.25, 0.3) is 0 Å². The maximum absolute atomic E-state index is 14.5. The maximum Gasteiger partial charge on any atom is 0.239 e. The molecule has 0 N–H and O–H groups in total. The Balaban J connectivity index is 1.52. The van der Waals surface area contributed by atoms with E-state index in [9.17, 15) is 9.59 Å². The van der Waals surface area contributed by atoms with Gasteiger partial charge in [-0.3, -0.25) is 14.6 Å². The number of carbonyl (C=O) groups excluding carboxylic acids is 2. The van der Waals surface area contributed by atoms with E-state index in [1.165, 1.54) is 4.90 Å². The zero-order chi connectivity index (χ0) is 26.2. The van der Waals surface area contributed by atoms with E-state index in [1.54, 1.807) is 6.07 Å². The minimum atomic E-state index is -0.911. The topological polar surface area (TPSA) is 49.7 Å². The molecule has 3 aliphatic carbocycles. The lowest BCUT2D eigenvalue weighted by Crippen LogP contribution is -2.54. The van der Waals surface area contributed by atoms with Crippen molar-refractivity contribution in [2.45, 2.75) is 25.2 Å². The lowest BCUT2D eigenvalue weighted by atomic mass is 9.47. The molecule has 4 aromatic rings. The van der Waals surface area contributed by atoms with Crippen molar-refractivity contribution in [1.29, 1.82) is 0 Å². The number of aliphatic imine (C=N–C) groups is 1. The Bertz CT molecular complexity index is 1640. The van der Waals surface area contributed by atoms with E-state index < -0.39 is 17.3 Å². The summed E-state index contributed by atoms with van der Waals surface area (Å²) >= 11 is 6.49. The lowest BCUT2D eigenvalue weighted by Gasteiger charge is -2.52. The number of imide groups is 1. The van der Waals surface area contributed by atoms with E-state index in [2.05, 4.69) is 24.3 Å². The van der Waals surface area contributed by atoms with Gasteiger partial charge in [-0.2, -0.15) is 0 Å². The van der Waals surface area contributed by atoms with Crippen molar-refractivity contribution in [3.05, 3.63) is 129 Å². The lowest BCUT2D eigenvalue weighted by molar-refractivity contribution is -0.122. The summed E-state index contributed by atoms with van der Waals surface area (Å²) < 4.78 is 0. The first kappa shape index (κ1) is 23.1. The summed E-state index contributed by atoms with van der Waals surface area (Å²) in [4.78, 5) is 35.1. The van der Waals surface area contributed by atoms with Gasteiger partial charge in [0, 0.05) is 12.1 Å². The van der Waals surface area contributed by atoms with Crippen LogP contribution in [0.5, 0.6) is 0 Å². The number of amides is 2. The van der Waals surface area contributed by atoms with Crippen molar-refractivity contribution in [3.63, 3.8) is 0 Å². The summed E-state index contributed by atoms with van der Waals surface area (Å²) in [6.45, 7) is 3.97. The van der Waals surface area contributed by atoms with Crippen LogP contribution in [0.25, 0.3) is 0 Å². The molecule has 186 valence electrons. The van der Waals surface area contributed by atoms with Gasteiger partial charge in [-0.25, -0.2) is 4.90 Å². The third-order valence-corrected chi connectivity index (χ3v) is 8.86. The summed E-state index contributed by atoms with van der Waals surface area (Å²) in [6.07, 6.45) is 1.88. The van der Waals surface area contributed by atoms with Crippen LogP contribution in [0.1, 0.15) is 39.3 Å². The van der Waals surface area contributed by atoms with E-state index in [0.29, 0.717) is 16.4 Å². The molecule has 1 fully saturated rings. The third kappa shape index (κ3) is 2.95. The van der Waals surface area contributed by atoms with E-state index >= 15 is 0 Å². The quantitative estimate of drug-likeness (QED) is 0.219. The van der Waals surface area contributed by atoms with Crippen LogP contribution >= 0.6 is 11.6 Å². The highest BCUT2D eigenvalue weighted by molar-refractivity contribution is 6.33. The van der Waals surface area contributed by atoms with Crippen molar-refractivity contribution in [2.75, 3.05) is 4.90 Å². The largest absolute Gasteiger partial charge is 0.274 e. The van der Waals surface area contributed by atoms with Crippen LogP contribution in [-0.4, -0.2) is 18.0 Å². The number of benzene rings is 4. The molecule has 4 aliphatic rings. The zero-order valence-corrected chi connectivity index (χ0v) is 21.8. The summed E-state index contributed by atoms with van der Waals surface area (Å²) in [5.74, 6) is -1.65. The minimum Gasteiger partial charge on any atom is -0.274 e. The fourth-order valence-corrected chi connectivity index (χ4v) is 7.26. The number of carbonyl (C=O) groups is 2. The van der Waals surface area contributed by atoms with Crippen LogP contribution in [0.3, 0.4) is 0 Å². The molecule has 2 bridgehead atoms. The van der Waals surface area contributed by atoms with Gasteiger partial charge in [0.1, 0.15) is 0 Å². The van der Waals surface area contributed by atoms with Gasteiger partial charge >= 0.3 is 0 Å². The van der Waals surface area contributed by atoms with Gasteiger partial charge in [-0.1, -0.05) is 90.0 Å². The second-order valence-electron chi connectivity index (χ2n) is 10.5. The van der Waals surface area contributed by atoms with E-state index in [1.807, 2.05) is 80.7 Å². The molecule has 38 heavy (non-hydrogen) atoms. The molecule has 8 rings (SSSR count). The Kier molecular flexibility index (Phi) is 5.01. The fraction of sp³-hybridized carbons (Fsp3) is 0.182. The van der Waals surface area contributed by atoms with Crippen molar-refractivity contribution in [1.82, 2.24) is 0 Å². The average molecular weight is 517 g/mol. The zero-order valence-electron chi connectivity index (χ0n) is 21.1. The van der Waals surface area contributed by atoms with Crippen LogP contribution in [0.15, 0.2) is 96.0 Å². The monoisotopic (exact) mass is 516 g/mol. The first-order valence-electron chi connectivity index (χ1n) is 12.9. The molecule has 0 aromatic heterocycles. The smallest absolute Gasteiger partial charge is 0.239 e. The van der Waals surface area contributed by atoms with Crippen LogP contribution < -0.4 is 4.90 Å². The SMILES string of the molecule is Cc1ccc(N2C(=O)[C@@H]3C4c5ccccc5C(C=Nc5ccccc5Cl)(c5ccccc54)[C@@H]3C2=O)c(C)c1. The first-order chi connectivity index (χ1) is 18.4. The number of aryl methyl sites for hydroxylation is 2. The van der Waals surface area contributed by atoms with Crippen LogP contribution in [0.4, 0.5) is 11.4 Å². The van der Waals surface area contributed by atoms with Gasteiger partial charge in [0.05, 0.1) is 33.6 Å². The highest BCUT2D eigenvalue weighted by Gasteiger charge is 2.68. The van der Waals surface area contributed by atoms with E-state index in [4.69, 9.17) is 16.6 Å². The molecule has 2 amide bonds. The predicted molar refractivity (Wildman–Crippen MR) is 150 cm³/mol. The van der Waals surface area contributed by atoms with Gasteiger partial charge in [0.15, 0.2) is 0 Å². The molecule has 5 heteroatoms. The number of hydrogen-bond donors (Lipinski definition) is 0. The molecule has 0 radical (unpaired) electrons. The number of para-hydroxylation sites is 1. The standard InChI is InChI=1S/C33H25ClN2O2/c1-19-15-16-27(20(2)17-19)36-31(37)29-28-21-9-3-5-11-23(21)33(30(29)32(36)38,24-12-6-4-10-22(24)28)18-35-26-14-8-7-13-25(26)34/h3-18,28-30H,1-2H3/t28?,29-,30+,33?/m1/s1. The van der Waals surface area contributed by atoms with E-state index in [0.717, 1.165) is 33.4 Å². The van der Waals surface area contributed by atoms with Gasteiger partial charge < -0.3 is 0 Å². The van der Waals surface area contributed by atoms with Crippen LogP contribution in [0, 0.1) is 25.7 Å². The Morgan fingerprint density at radius 2 is 1.45 bits per heavy atom. The predicted octanol–water partition coefficient (Wildman–Crippen LogP) is 6.91. The van der Waals surface area contributed by atoms with Crippen LogP contribution in [0.2, 0.25) is 5.02 Å². The van der Waals surface area contributed by atoms with E-state index in [-0.39, 0.29) is 17.7 Å². The summed E-state index contributed by atoms with van der Waals surface area (Å²) in [5, 5.41) is 0.536. The van der Waals surface area contributed by atoms with Gasteiger partial charge in [-0.15, -0.1) is 0 Å². The average Bonchev–Trinajstić information content (AvgIpc) is 3.19. The van der Waals surface area contributed by atoms with Crippen LogP contribution in [-0.2, 0) is 15.0 Å². The number of nitrogens with zero attached hydrogens (tertiary/aromatic N) is 2. The number of anilines is 1. The number of halogens is 1. The van der Waals surface area contributed by atoms with Gasteiger partial charge in [-0.05, 0) is 59.9 Å². The molecule has 1 aliphatic heterocycles. The van der Waals surface area contributed by atoms with Crippen molar-refractivity contribution in [2.24, 2.45) is 16.8 Å². The van der Waals surface area contributed by atoms with Crippen molar-refractivity contribution >= 4 is 41.0 Å². The highest BCUT2D eigenvalue weighted by Crippen LogP contribution is 2.64. The second-order valence-corrected chi connectivity index (χ2v) is 10.9. The minimum absolute atomic E-state index is 0.142. The molecule has 4 aromatic carbocycles. The summed E-state index contributed by atoms with van der Waals surface area (Å²) in [6, 6.07) is 29.7. The third-order valence-electron chi connectivity index (χ3n) is 8.54. The van der Waals surface area contributed by atoms with Gasteiger partial charge in [0.2, 0.25) is 11.8 Å². The van der Waals surface area contributed by atoms with Crippen molar-refractivity contribution in [3.8, 4) is 0 Å². The molecule has 0 unspecified atom stereocenters. The molecule has 2 atom stereocenters. The summed E-state index contributed by atoms with van der Waals surface area (Å²) in [7, 11) is 0. The van der Waals surface area contributed by atoms with Crippen molar-refractivity contribution < 1.29 is 9.59 Å². The Hall–Kier alpha value is -4.02. The molecule has 1 heterocycles. The Morgan fingerprint density at radius 1 is 0.816 bits per heavy atom.